The van der Waals surface area contributed by atoms with Gasteiger partial charge in [0.05, 0.1) is 20.6 Å². The van der Waals surface area contributed by atoms with Crippen molar-refractivity contribution in [3.05, 3.63) is 47.8 Å². The number of nitrogens with zero attached hydrogens (tertiary/aromatic N) is 2. The second-order valence-corrected chi connectivity index (χ2v) is 7.10. The Morgan fingerprint density at radius 3 is 2.61 bits per heavy atom. The van der Waals surface area contributed by atoms with E-state index in [0.717, 1.165) is 0 Å². The average Bonchev–Trinajstić information content (AvgIpc) is 2.73. The van der Waals surface area contributed by atoms with Crippen LogP contribution >= 0.6 is 0 Å². The summed E-state index contributed by atoms with van der Waals surface area (Å²) in [5.41, 5.74) is 0.280. The Bertz CT molecular complexity index is 905. The molecular weight excluding hydrogens is 360 g/mol. The number of ether oxygens (including phenoxy) is 3. The van der Waals surface area contributed by atoms with Gasteiger partial charge < -0.3 is 19.1 Å². The van der Waals surface area contributed by atoms with Crippen LogP contribution in [0.15, 0.2) is 36.5 Å². The molecule has 2 aromatic rings. The van der Waals surface area contributed by atoms with Crippen LogP contribution in [0, 0.1) is 0 Å². The van der Waals surface area contributed by atoms with Gasteiger partial charge in [-0.15, -0.1) is 0 Å². The SMILES string of the molecule is COc1cc(OC)c2c(c1)OC1(CCN(C(=O)c3ccccn3)CC1)CC2=O. The van der Waals surface area contributed by atoms with Gasteiger partial charge in [-0.1, -0.05) is 6.07 Å². The number of Topliss-reactive ketones (excluding diaryl/α,β-unsaturated/α-hetero) is 1. The predicted octanol–water partition coefficient (Wildman–Crippen LogP) is 2.74. The lowest BCUT2D eigenvalue weighted by atomic mass is 9.82. The minimum absolute atomic E-state index is 0.00902. The van der Waals surface area contributed by atoms with Crippen LogP contribution in [0.25, 0.3) is 0 Å². The normalized spacial score (nSPS) is 17.6. The third kappa shape index (κ3) is 3.17. The minimum Gasteiger partial charge on any atom is -0.496 e. The molecular formula is C21H22N2O5. The van der Waals surface area contributed by atoms with Gasteiger partial charge in [-0.25, -0.2) is 0 Å². The van der Waals surface area contributed by atoms with E-state index in [1.807, 2.05) is 0 Å². The maximum absolute atomic E-state index is 12.9. The summed E-state index contributed by atoms with van der Waals surface area (Å²) in [4.78, 5) is 31.4. The Morgan fingerprint density at radius 1 is 1.18 bits per heavy atom. The third-order valence-electron chi connectivity index (χ3n) is 5.43. The first-order valence-corrected chi connectivity index (χ1v) is 9.24. The smallest absolute Gasteiger partial charge is 0.272 e. The van der Waals surface area contributed by atoms with Crippen LogP contribution < -0.4 is 14.2 Å². The highest BCUT2D eigenvalue weighted by Crippen LogP contribution is 2.44. The standard InChI is InChI=1S/C21H22N2O5/c1-26-14-11-17(27-2)19-16(24)13-21(28-18(19)12-14)6-9-23(10-7-21)20(25)15-5-3-4-8-22-15/h3-5,8,11-12H,6-7,9-10,13H2,1-2H3. The van der Waals surface area contributed by atoms with E-state index in [1.54, 1.807) is 48.5 Å². The lowest BCUT2D eigenvalue weighted by molar-refractivity contribution is -0.00624. The van der Waals surface area contributed by atoms with Gasteiger partial charge in [0.1, 0.15) is 34.1 Å². The summed E-state index contributed by atoms with van der Waals surface area (Å²) in [5.74, 6) is 1.41. The first-order valence-electron chi connectivity index (χ1n) is 9.24. The number of hydrogen-bond donors (Lipinski definition) is 0. The maximum atomic E-state index is 12.9. The lowest BCUT2D eigenvalue weighted by Crippen LogP contribution is -2.52. The molecule has 1 saturated heterocycles. The fraction of sp³-hybridized carbons (Fsp3) is 0.381. The summed E-state index contributed by atoms with van der Waals surface area (Å²) >= 11 is 0. The molecule has 146 valence electrons. The van der Waals surface area contributed by atoms with Crippen LogP contribution in [-0.2, 0) is 0 Å². The first-order chi connectivity index (χ1) is 13.5. The number of fused-ring (bicyclic) bond motifs is 1. The molecule has 0 atom stereocenters. The Morgan fingerprint density at radius 2 is 1.96 bits per heavy atom. The van der Waals surface area contributed by atoms with E-state index < -0.39 is 5.60 Å². The zero-order valence-corrected chi connectivity index (χ0v) is 15.9. The van der Waals surface area contributed by atoms with Gasteiger partial charge in [0.15, 0.2) is 5.78 Å². The van der Waals surface area contributed by atoms with Crippen LogP contribution in [-0.4, -0.2) is 54.5 Å². The molecule has 2 aliphatic rings. The minimum atomic E-state index is -0.609. The van der Waals surface area contributed by atoms with Crippen molar-refractivity contribution in [1.82, 2.24) is 9.88 Å². The number of ketones is 1. The Kier molecular flexibility index (Phi) is 4.66. The average molecular weight is 382 g/mol. The molecule has 7 heteroatoms. The number of amides is 1. The van der Waals surface area contributed by atoms with Gasteiger partial charge in [0.2, 0.25) is 0 Å². The summed E-state index contributed by atoms with van der Waals surface area (Å²) in [6.45, 7) is 1.03. The number of piperidine rings is 1. The van der Waals surface area contributed by atoms with Gasteiger partial charge in [-0.3, -0.25) is 14.6 Å². The number of rotatable bonds is 3. The molecule has 1 amide bonds. The van der Waals surface area contributed by atoms with Crippen LogP contribution in [0.1, 0.15) is 40.1 Å². The zero-order chi connectivity index (χ0) is 19.7. The molecule has 28 heavy (non-hydrogen) atoms. The van der Waals surface area contributed by atoms with Gasteiger partial charge in [-0.05, 0) is 12.1 Å². The molecule has 4 rings (SSSR count). The van der Waals surface area contributed by atoms with Crippen molar-refractivity contribution in [3.63, 3.8) is 0 Å². The van der Waals surface area contributed by atoms with Crippen LogP contribution in [0.5, 0.6) is 17.2 Å². The number of pyridine rings is 1. The van der Waals surface area contributed by atoms with E-state index in [0.29, 0.717) is 54.4 Å². The topological polar surface area (TPSA) is 78.0 Å². The molecule has 0 N–H and O–H groups in total. The Balaban J connectivity index is 1.54. The summed E-state index contributed by atoms with van der Waals surface area (Å²) in [6.07, 6.45) is 3.04. The van der Waals surface area contributed by atoms with E-state index in [-0.39, 0.29) is 18.1 Å². The number of methoxy groups -OCH3 is 2. The van der Waals surface area contributed by atoms with Crippen molar-refractivity contribution in [2.75, 3.05) is 27.3 Å². The van der Waals surface area contributed by atoms with Crippen molar-refractivity contribution in [3.8, 4) is 17.2 Å². The van der Waals surface area contributed by atoms with Crippen LogP contribution in [0.2, 0.25) is 0 Å². The van der Waals surface area contributed by atoms with Crippen molar-refractivity contribution in [1.29, 1.82) is 0 Å². The number of hydrogen-bond acceptors (Lipinski definition) is 6. The summed E-state index contributed by atoms with van der Waals surface area (Å²) in [6, 6.07) is 8.70. The highest BCUT2D eigenvalue weighted by Gasteiger charge is 2.45. The predicted molar refractivity (Wildman–Crippen MR) is 101 cm³/mol. The highest BCUT2D eigenvalue weighted by molar-refractivity contribution is 6.03. The molecule has 1 aromatic carbocycles. The second-order valence-electron chi connectivity index (χ2n) is 7.10. The first kappa shape index (κ1) is 18.3. The summed E-state index contributed by atoms with van der Waals surface area (Å²) < 4.78 is 17.0. The molecule has 7 nitrogen and oxygen atoms in total. The molecule has 1 aromatic heterocycles. The van der Waals surface area contributed by atoms with E-state index in [9.17, 15) is 9.59 Å². The Hall–Kier alpha value is -3.09. The van der Waals surface area contributed by atoms with Gasteiger partial charge >= 0.3 is 0 Å². The van der Waals surface area contributed by atoms with Gasteiger partial charge in [0.25, 0.3) is 5.91 Å². The molecule has 0 saturated carbocycles. The number of benzene rings is 1. The monoisotopic (exact) mass is 382 g/mol. The van der Waals surface area contributed by atoms with Crippen molar-refractivity contribution < 1.29 is 23.8 Å². The second kappa shape index (κ2) is 7.14. The molecule has 1 fully saturated rings. The maximum Gasteiger partial charge on any atom is 0.272 e. The van der Waals surface area contributed by atoms with E-state index in [2.05, 4.69) is 4.98 Å². The number of aromatic nitrogens is 1. The quantitative estimate of drug-likeness (QED) is 0.812. The molecule has 0 radical (unpaired) electrons. The number of carbonyl (C=O) groups excluding carboxylic acids is 2. The third-order valence-corrected chi connectivity index (χ3v) is 5.43. The zero-order valence-electron chi connectivity index (χ0n) is 15.9. The van der Waals surface area contributed by atoms with Gasteiger partial charge in [-0.2, -0.15) is 0 Å². The van der Waals surface area contributed by atoms with E-state index >= 15 is 0 Å². The fourth-order valence-corrected chi connectivity index (χ4v) is 3.90. The fourth-order valence-electron chi connectivity index (χ4n) is 3.90. The number of carbonyl (C=O) groups is 2. The largest absolute Gasteiger partial charge is 0.496 e. The molecule has 3 heterocycles. The van der Waals surface area contributed by atoms with Crippen molar-refractivity contribution >= 4 is 11.7 Å². The van der Waals surface area contributed by atoms with E-state index in [4.69, 9.17) is 14.2 Å². The molecule has 2 aliphatic heterocycles. The lowest BCUT2D eigenvalue weighted by Gasteiger charge is -2.44. The van der Waals surface area contributed by atoms with Crippen LogP contribution in [0.3, 0.4) is 0 Å². The van der Waals surface area contributed by atoms with E-state index in [1.165, 1.54) is 7.11 Å². The van der Waals surface area contributed by atoms with Gasteiger partial charge in [0, 0.05) is 44.3 Å². The Labute approximate surface area is 163 Å². The van der Waals surface area contributed by atoms with Crippen molar-refractivity contribution in [2.24, 2.45) is 0 Å². The molecule has 0 bridgehead atoms. The number of likely N-dealkylation sites (tertiary alicyclic amines) is 1. The van der Waals surface area contributed by atoms with Crippen LogP contribution in [0.4, 0.5) is 0 Å². The molecule has 0 unspecified atom stereocenters. The van der Waals surface area contributed by atoms with Crippen molar-refractivity contribution in [2.45, 2.75) is 24.9 Å². The molecule has 1 spiro atoms. The highest BCUT2D eigenvalue weighted by atomic mass is 16.5. The molecule has 0 aliphatic carbocycles. The summed E-state index contributed by atoms with van der Waals surface area (Å²) in [5, 5.41) is 0. The summed E-state index contributed by atoms with van der Waals surface area (Å²) in [7, 11) is 3.08.